The zero-order chi connectivity index (χ0) is 17.1. The molecular formula is C11H13ClN5O6P. The molecule has 0 aromatic carbocycles. The zero-order valence-electron chi connectivity index (χ0n) is 12.3. The molecule has 2 saturated heterocycles. The topological polar surface area (TPSA) is 144 Å². The van der Waals surface area contributed by atoms with E-state index in [1.54, 1.807) is 0 Å². The first kappa shape index (κ1) is 16.2. The van der Waals surface area contributed by atoms with Gasteiger partial charge in [-0.05, 0) is 11.6 Å². The van der Waals surface area contributed by atoms with Gasteiger partial charge in [-0.15, -0.1) is 0 Å². The van der Waals surface area contributed by atoms with Crippen molar-refractivity contribution in [3.05, 3.63) is 11.6 Å². The molecule has 13 heteroatoms. The molecule has 0 aliphatic carbocycles. The van der Waals surface area contributed by atoms with Crippen molar-refractivity contribution in [2.75, 3.05) is 19.5 Å². The SMILES string of the molecule is CO[C@@H]1[C@@H]2OP(=O)(O)OC[C@H]2O[C@H]1n1c(Cl)nc2c(N)ncnc21. The number of imidazole rings is 1. The summed E-state index contributed by atoms with van der Waals surface area (Å²) in [4.78, 5) is 21.7. The minimum Gasteiger partial charge on any atom is -0.382 e. The van der Waals surface area contributed by atoms with Crippen molar-refractivity contribution in [3.63, 3.8) is 0 Å². The highest BCUT2D eigenvalue weighted by Gasteiger charge is 2.54. The maximum atomic E-state index is 11.7. The molecule has 3 N–H and O–H groups in total. The summed E-state index contributed by atoms with van der Waals surface area (Å²) < 4.78 is 34.3. The highest BCUT2D eigenvalue weighted by atomic mass is 35.5. The summed E-state index contributed by atoms with van der Waals surface area (Å²) >= 11 is 6.21. The van der Waals surface area contributed by atoms with E-state index in [9.17, 15) is 9.46 Å². The number of nitrogens with zero attached hydrogens (tertiary/aromatic N) is 4. The molecule has 0 amide bonds. The monoisotopic (exact) mass is 377 g/mol. The summed E-state index contributed by atoms with van der Waals surface area (Å²) in [5.41, 5.74) is 6.46. The van der Waals surface area contributed by atoms with E-state index >= 15 is 0 Å². The van der Waals surface area contributed by atoms with Crippen molar-refractivity contribution in [3.8, 4) is 0 Å². The lowest BCUT2D eigenvalue weighted by Gasteiger charge is -2.29. The molecule has 1 unspecified atom stereocenters. The predicted molar refractivity (Wildman–Crippen MR) is 80.1 cm³/mol. The Morgan fingerprint density at radius 2 is 2.33 bits per heavy atom. The van der Waals surface area contributed by atoms with Crippen molar-refractivity contribution in [2.45, 2.75) is 24.5 Å². The molecule has 0 radical (unpaired) electrons. The van der Waals surface area contributed by atoms with Crippen molar-refractivity contribution in [2.24, 2.45) is 0 Å². The molecule has 4 rings (SSSR count). The second-order valence-electron chi connectivity index (χ2n) is 5.28. The summed E-state index contributed by atoms with van der Waals surface area (Å²) in [6.07, 6.45) is -1.67. The minimum atomic E-state index is -4.14. The number of aromatic nitrogens is 4. The Bertz CT molecular complexity index is 848. The molecule has 2 aromatic rings. The number of methoxy groups -OCH3 is 1. The summed E-state index contributed by atoms with van der Waals surface area (Å²) in [6.45, 7) is -0.115. The van der Waals surface area contributed by atoms with Crippen LogP contribution < -0.4 is 5.73 Å². The second kappa shape index (κ2) is 5.60. The van der Waals surface area contributed by atoms with Gasteiger partial charge in [-0.25, -0.2) is 19.5 Å². The number of ether oxygens (including phenoxy) is 2. The van der Waals surface area contributed by atoms with Gasteiger partial charge >= 0.3 is 7.82 Å². The van der Waals surface area contributed by atoms with Crippen LogP contribution >= 0.6 is 19.4 Å². The summed E-state index contributed by atoms with van der Waals surface area (Å²) in [5.74, 6) is 0.171. The van der Waals surface area contributed by atoms with E-state index in [1.807, 2.05) is 0 Å². The number of hydrogen-bond acceptors (Lipinski definition) is 9. The minimum absolute atomic E-state index is 0.0657. The Hall–Kier alpha value is -1.33. The van der Waals surface area contributed by atoms with Crippen LogP contribution in [0.1, 0.15) is 6.23 Å². The van der Waals surface area contributed by atoms with E-state index in [1.165, 1.54) is 18.0 Å². The van der Waals surface area contributed by atoms with Crippen LogP contribution in [-0.2, 0) is 23.1 Å². The first-order valence-electron chi connectivity index (χ1n) is 6.89. The molecule has 0 spiro atoms. The van der Waals surface area contributed by atoms with Gasteiger partial charge in [0.1, 0.15) is 24.6 Å². The normalized spacial score (nSPS) is 36.1. The number of anilines is 1. The van der Waals surface area contributed by atoms with Crippen LogP contribution in [0.25, 0.3) is 11.2 Å². The fourth-order valence-electron chi connectivity index (χ4n) is 2.91. The van der Waals surface area contributed by atoms with Gasteiger partial charge in [0, 0.05) is 7.11 Å². The van der Waals surface area contributed by atoms with Crippen LogP contribution in [-0.4, -0.2) is 56.4 Å². The van der Waals surface area contributed by atoms with Gasteiger partial charge < -0.3 is 20.1 Å². The van der Waals surface area contributed by atoms with Gasteiger partial charge in [-0.3, -0.25) is 13.6 Å². The number of halogens is 1. The van der Waals surface area contributed by atoms with Crippen LogP contribution in [0.4, 0.5) is 5.82 Å². The number of nitrogens with two attached hydrogens (primary N) is 1. The predicted octanol–water partition coefficient (Wildman–Crippen LogP) is 0.490. The van der Waals surface area contributed by atoms with Crippen LogP contribution in [0.5, 0.6) is 0 Å². The number of rotatable bonds is 2. The zero-order valence-corrected chi connectivity index (χ0v) is 13.9. The second-order valence-corrected chi connectivity index (χ2v) is 7.03. The molecule has 2 aromatic heterocycles. The lowest BCUT2D eigenvalue weighted by molar-refractivity contribution is -0.0666. The summed E-state index contributed by atoms with van der Waals surface area (Å²) in [6, 6.07) is 0. The molecular weight excluding hydrogens is 365 g/mol. The molecule has 130 valence electrons. The summed E-state index contributed by atoms with van der Waals surface area (Å²) in [7, 11) is -2.71. The molecule has 24 heavy (non-hydrogen) atoms. The van der Waals surface area contributed by atoms with Gasteiger partial charge in [0.05, 0.1) is 6.61 Å². The van der Waals surface area contributed by atoms with Gasteiger partial charge in [0.25, 0.3) is 0 Å². The van der Waals surface area contributed by atoms with Crippen molar-refractivity contribution < 1.29 is 28.0 Å². The van der Waals surface area contributed by atoms with Gasteiger partial charge in [-0.1, -0.05) is 0 Å². The molecule has 2 fully saturated rings. The lowest BCUT2D eigenvalue weighted by atomic mass is 10.1. The highest BCUT2D eigenvalue weighted by Crippen LogP contribution is 2.53. The van der Waals surface area contributed by atoms with Crippen LogP contribution in [0.3, 0.4) is 0 Å². The van der Waals surface area contributed by atoms with E-state index in [4.69, 9.17) is 35.9 Å². The molecule has 0 saturated carbocycles. The van der Waals surface area contributed by atoms with E-state index < -0.39 is 32.4 Å². The van der Waals surface area contributed by atoms with E-state index in [0.29, 0.717) is 11.2 Å². The first-order chi connectivity index (χ1) is 11.4. The van der Waals surface area contributed by atoms with Crippen LogP contribution in [0.2, 0.25) is 5.28 Å². The number of nitrogen functional groups attached to an aromatic ring is 1. The van der Waals surface area contributed by atoms with Crippen molar-refractivity contribution >= 4 is 36.4 Å². The third-order valence-electron chi connectivity index (χ3n) is 3.93. The Morgan fingerprint density at radius 3 is 3.08 bits per heavy atom. The lowest BCUT2D eigenvalue weighted by Crippen LogP contribution is -2.40. The van der Waals surface area contributed by atoms with Gasteiger partial charge in [0.15, 0.2) is 23.2 Å². The fourth-order valence-corrected chi connectivity index (χ4v) is 4.13. The average Bonchev–Trinajstić information content (AvgIpc) is 3.03. The van der Waals surface area contributed by atoms with Crippen molar-refractivity contribution in [1.29, 1.82) is 0 Å². The smallest absolute Gasteiger partial charge is 0.382 e. The molecule has 5 atom stereocenters. The highest BCUT2D eigenvalue weighted by molar-refractivity contribution is 7.47. The first-order valence-corrected chi connectivity index (χ1v) is 8.76. The number of phosphoric ester groups is 1. The molecule has 11 nitrogen and oxygen atoms in total. The van der Waals surface area contributed by atoms with Gasteiger partial charge in [-0.2, -0.15) is 0 Å². The average molecular weight is 378 g/mol. The van der Waals surface area contributed by atoms with E-state index in [0.717, 1.165) is 0 Å². The Morgan fingerprint density at radius 1 is 1.54 bits per heavy atom. The maximum absolute atomic E-state index is 11.7. The third kappa shape index (κ3) is 2.40. The Kier molecular flexibility index (Phi) is 3.77. The summed E-state index contributed by atoms with van der Waals surface area (Å²) in [5, 5.41) is 0.0657. The molecule has 2 aliphatic heterocycles. The Balaban J connectivity index is 1.79. The van der Waals surface area contributed by atoms with Gasteiger partial charge in [0.2, 0.25) is 5.28 Å². The maximum Gasteiger partial charge on any atom is 0.472 e. The fraction of sp³-hybridized carbons (Fsp3) is 0.545. The Labute approximate surface area is 140 Å². The standard InChI is InChI=1S/C11H13ClN5O6P/c1-20-7-6-4(2-21-24(18,19)23-6)22-10(7)17-9-5(16-11(17)12)8(13)14-3-15-9/h3-4,6-7,10H,2H2,1H3,(H,18,19)(H2,13,14,15)/t4-,6-,7-,10-/m1/s1. The number of fused-ring (bicyclic) bond motifs is 2. The quantitative estimate of drug-likeness (QED) is 0.560. The molecule has 2 aliphatic rings. The van der Waals surface area contributed by atoms with E-state index in [2.05, 4.69) is 15.0 Å². The molecule has 0 bridgehead atoms. The number of hydrogen-bond donors (Lipinski definition) is 2. The third-order valence-corrected chi connectivity index (χ3v) is 5.18. The molecule has 4 heterocycles. The van der Waals surface area contributed by atoms with Crippen LogP contribution in [0.15, 0.2) is 6.33 Å². The largest absolute Gasteiger partial charge is 0.472 e. The van der Waals surface area contributed by atoms with Crippen LogP contribution in [0, 0.1) is 0 Å². The number of phosphoric acid groups is 1. The van der Waals surface area contributed by atoms with E-state index in [-0.39, 0.29) is 17.7 Å². The van der Waals surface area contributed by atoms with Crippen molar-refractivity contribution in [1.82, 2.24) is 19.5 Å².